The minimum Gasteiger partial charge on any atom is -0.460 e. The Balaban J connectivity index is 1.76. The Morgan fingerprint density at radius 2 is 1.63 bits per heavy atom. The van der Waals surface area contributed by atoms with Crippen molar-refractivity contribution < 1.29 is 14.3 Å². The first-order chi connectivity index (χ1) is 16.8. The molecule has 2 aliphatic rings. The number of anilines is 1. The van der Waals surface area contributed by atoms with Gasteiger partial charge in [-0.05, 0) is 70.2 Å². The Hall–Kier alpha value is -3.21. The number of Topliss-reactive ketones (excluding diaryl/α,β-unsaturated/α-hetero) is 1. The lowest BCUT2D eigenvalue weighted by molar-refractivity contribution is -0.143. The van der Waals surface area contributed by atoms with Crippen LogP contribution in [0.5, 0.6) is 0 Å². The fourth-order valence-corrected chi connectivity index (χ4v) is 5.52. The molecule has 4 rings (SSSR count). The summed E-state index contributed by atoms with van der Waals surface area (Å²) in [5.74, 6) is -0.946. The van der Waals surface area contributed by atoms with Gasteiger partial charge in [0.05, 0.1) is 17.6 Å². The van der Waals surface area contributed by atoms with Crippen LogP contribution in [0.4, 0.5) is 5.69 Å². The molecule has 0 aromatic heterocycles. The molecule has 5 nitrogen and oxygen atoms in total. The van der Waals surface area contributed by atoms with Crippen molar-refractivity contribution in [1.82, 2.24) is 0 Å². The third-order valence-corrected chi connectivity index (χ3v) is 7.17. The molecule has 5 heteroatoms. The Morgan fingerprint density at radius 3 is 2.23 bits per heavy atom. The minimum absolute atomic E-state index is 0.112. The van der Waals surface area contributed by atoms with E-state index in [2.05, 4.69) is 55.1 Å². The maximum absolute atomic E-state index is 13.7. The molecule has 1 unspecified atom stereocenters. The number of allylic oxidation sites excluding steroid dienone is 1. The predicted octanol–water partition coefficient (Wildman–Crippen LogP) is 6.06. The largest absolute Gasteiger partial charge is 0.460 e. The van der Waals surface area contributed by atoms with Crippen LogP contribution in [0.15, 0.2) is 70.9 Å². The first kappa shape index (κ1) is 24.9. The number of ether oxygens (including phenoxy) is 1. The van der Waals surface area contributed by atoms with Crippen LogP contribution < -0.4 is 4.90 Å². The maximum atomic E-state index is 13.7. The SMILES string of the molecule is CCN(CC)c1ccc([C@@H]2C(C(=O)OC(C)C)=C(C)N=C3C[C@H](c4ccccc4)CC(=O)C32)cc1. The van der Waals surface area contributed by atoms with Gasteiger partial charge in [0.2, 0.25) is 0 Å². The molecule has 0 bridgehead atoms. The van der Waals surface area contributed by atoms with E-state index in [1.807, 2.05) is 39.0 Å². The number of hydrogen-bond acceptors (Lipinski definition) is 5. The number of rotatable bonds is 7. The number of ketones is 1. The summed E-state index contributed by atoms with van der Waals surface area (Å²) in [6, 6.07) is 18.5. The monoisotopic (exact) mass is 472 g/mol. The molecule has 35 heavy (non-hydrogen) atoms. The van der Waals surface area contributed by atoms with Crippen molar-refractivity contribution in [1.29, 1.82) is 0 Å². The summed E-state index contributed by atoms with van der Waals surface area (Å²) in [5, 5.41) is 0. The Morgan fingerprint density at radius 1 is 0.971 bits per heavy atom. The topological polar surface area (TPSA) is 59.0 Å². The quantitative estimate of drug-likeness (QED) is 0.460. The fraction of sp³-hybridized carbons (Fsp3) is 0.433. The van der Waals surface area contributed by atoms with Gasteiger partial charge in [-0.15, -0.1) is 0 Å². The first-order valence-electron chi connectivity index (χ1n) is 12.8. The van der Waals surface area contributed by atoms with Crippen LogP contribution in [-0.2, 0) is 14.3 Å². The van der Waals surface area contributed by atoms with Crippen LogP contribution in [-0.4, -0.2) is 36.7 Å². The Labute approximate surface area is 208 Å². The second-order valence-electron chi connectivity index (χ2n) is 9.76. The van der Waals surface area contributed by atoms with Gasteiger partial charge in [-0.2, -0.15) is 0 Å². The number of aliphatic imine (C=N–C) groups is 1. The zero-order valence-electron chi connectivity index (χ0n) is 21.5. The average Bonchev–Trinajstić information content (AvgIpc) is 2.84. The van der Waals surface area contributed by atoms with Crippen molar-refractivity contribution in [2.75, 3.05) is 18.0 Å². The summed E-state index contributed by atoms with van der Waals surface area (Å²) in [5.41, 5.74) is 5.30. The molecule has 0 amide bonds. The summed E-state index contributed by atoms with van der Waals surface area (Å²) >= 11 is 0. The molecule has 1 fully saturated rings. The number of hydrogen-bond donors (Lipinski definition) is 0. The predicted molar refractivity (Wildman–Crippen MR) is 141 cm³/mol. The van der Waals surface area contributed by atoms with Crippen LogP contribution in [0.1, 0.15) is 70.4 Å². The minimum atomic E-state index is -0.437. The lowest BCUT2D eigenvalue weighted by atomic mass is 9.66. The van der Waals surface area contributed by atoms with E-state index in [4.69, 9.17) is 9.73 Å². The van der Waals surface area contributed by atoms with Crippen molar-refractivity contribution in [3.63, 3.8) is 0 Å². The van der Waals surface area contributed by atoms with Gasteiger partial charge in [0, 0.05) is 42.5 Å². The third-order valence-electron chi connectivity index (χ3n) is 7.17. The van der Waals surface area contributed by atoms with E-state index in [-0.39, 0.29) is 29.7 Å². The van der Waals surface area contributed by atoms with E-state index in [0.717, 1.165) is 42.0 Å². The summed E-state index contributed by atoms with van der Waals surface area (Å²) in [4.78, 5) is 34.1. The zero-order chi connectivity index (χ0) is 25.1. The van der Waals surface area contributed by atoms with Crippen LogP contribution in [0.3, 0.4) is 0 Å². The number of esters is 1. The molecule has 2 aromatic rings. The smallest absolute Gasteiger partial charge is 0.336 e. The number of nitrogens with zero attached hydrogens (tertiary/aromatic N) is 2. The van der Waals surface area contributed by atoms with Gasteiger partial charge in [-0.1, -0.05) is 42.5 Å². The molecular formula is C30H36N2O3. The molecule has 1 heterocycles. The highest BCUT2D eigenvalue weighted by molar-refractivity contribution is 6.12. The van der Waals surface area contributed by atoms with Crippen molar-refractivity contribution in [3.8, 4) is 0 Å². The van der Waals surface area contributed by atoms with Gasteiger partial charge < -0.3 is 9.64 Å². The Kier molecular flexibility index (Phi) is 7.54. The molecule has 1 saturated carbocycles. The molecule has 184 valence electrons. The lowest BCUT2D eigenvalue weighted by Gasteiger charge is -2.38. The van der Waals surface area contributed by atoms with E-state index in [1.54, 1.807) is 0 Å². The normalized spacial score (nSPS) is 22.1. The number of carbonyl (C=O) groups is 2. The molecule has 1 aliphatic carbocycles. The van der Waals surface area contributed by atoms with Crippen LogP contribution >= 0.6 is 0 Å². The van der Waals surface area contributed by atoms with E-state index in [1.165, 1.54) is 0 Å². The second-order valence-corrected chi connectivity index (χ2v) is 9.76. The number of fused-ring (bicyclic) bond motifs is 1. The summed E-state index contributed by atoms with van der Waals surface area (Å²) in [7, 11) is 0. The van der Waals surface area contributed by atoms with Crippen molar-refractivity contribution in [2.45, 2.75) is 65.4 Å². The van der Waals surface area contributed by atoms with Gasteiger partial charge in [0.1, 0.15) is 5.78 Å². The fourth-order valence-electron chi connectivity index (χ4n) is 5.52. The molecule has 1 aliphatic heterocycles. The summed E-state index contributed by atoms with van der Waals surface area (Å²) < 4.78 is 5.63. The molecule has 2 aromatic carbocycles. The summed E-state index contributed by atoms with van der Waals surface area (Å²) in [6.07, 6.45) is 0.925. The number of carbonyl (C=O) groups excluding carboxylic acids is 2. The zero-order valence-corrected chi connectivity index (χ0v) is 21.5. The van der Waals surface area contributed by atoms with Crippen LogP contribution in [0.25, 0.3) is 0 Å². The van der Waals surface area contributed by atoms with Gasteiger partial charge in [-0.3, -0.25) is 9.79 Å². The molecule has 0 radical (unpaired) electrons. The van der Waals surface area contributed by atoms with Gasteiger partial charge in [-0.25, -0.2) is 4.79 Å². The maximum Gasteiger partial charge on any atom is 0.336 e. The highest BCUT2D eigenvalue weighted by Gasteiger charge is 2.46. The molecule has 3 atom stereocenters. The summed E-state index contributed by atoms with van der Waals surface area (Å²) in [6.45, 7) is 11.7. The van der Waals surface area contributed by atoms with Crippen molar-refractivity contribution >= 4 is 23.2 Å². The molecule has 0 saturated heterocycles. The van der Waals surface area contributed by atoms with Gasteiger partial charge >= 0.3 is 5.97 Å². The Bertz CT molecular complexity index is 1130. The lowest BCUT2D eigenvalue weighted by Crippen LogP contribution is -2.41. The van der Waals surface area contributed by atoms with Crippen molar-refractivity contribution in [3.05, 3.63) is 77.0 Å². The molecule has 0 N–H and O–H groups in total. The van der Waals surface area contributed by atoms with Gasteiger partial charge in [0.15, 0.2) is 0 Å². The van der Waals surface area contributed by atoms with Crippen molar-refractivity contribution in [2.24, 2.45) is 10.9 Å². The van der Waals surface area contributed by atoms with E-state index in [9.17, 15) is 9.59 Å². The number of benzene rings is 2. The highest BCUT2D eigenvalue weighted by Crippen LogP contribution is 2.46. The molecular weight excluding hydrogens is 436 g/mol. The second kappa shape index (κ2) is 10.6. The van der Waals surface area contributed by atoms with E-state index < -0.39 is 5.92 Å². The average molecular weight is 473 g/mol. The van der Waals surface area contributed by atoms with Crippen LogP contribution in [0.2, 0.25) is 0 Å². The van der Waals surface area contributed by atoms with E-state index in [0.29, 0.717) is 17.7 Å². The van der Waals surface area contributed by atoms with Gasteiger partial charge in [0.25, 0.3) is 0 Å². The standard InChI is InChI=1S/C30H36N2O3/c1-6-32(7-2)24-15-13-22(14-16-24)28-27(30(34)35-19(3)4)20(5)31-25-17-23(18-26(33)29(25)28)21-11-9-8-10-12-21/h8-16,19,23,28-29H,6-7,17-18H2,1-5H3/t23-,28+,29?/m0/s1. The molecule has 0 spiro atoms. The van der Waals surface area contributed by atoms with E-state index >= 15 is 0 Å². The third kappa shape index (κ3) is 5.09. The first-order valence-corrected chi connectivity index (χ1v) is 12.8. The van der Waals surface area contributed by atoms with Crippen LogP contribution in [0, 0.1) is 5.92 Å². The highest BCUT2D eigenvalue weighted by atomic mass is 16.5.